The van der Waals surface area contributed by atoms with Crippen molar-refractivity contribution in [2.24, 2.45) is 0 Å². The zero-order valence-corrected chi connectivity index (χ0v) is 16.9. The van der Waals surface area contributed by atoms with Crippen LogP contribution in [0.5, 0.6) is 11.5 Å². The van der Waals surface area contributed by atoms with Crippen LogP contribution >= 0.6 is 0 Å². The first-order chi connectivity index (χ1) is 13.3. The van der Waals surface area contributed by atoms with E-state index in [9.17, 15) is 9.59 Å². The van der Waals surface area contributed by atoms with Gasteiger partial charge < -0.3 is 19.5 Å². The fraction of sp³-hybridized carbons (Fsp3) is 0.364. The minimum Gasteiger partial charge on any atom is -0.497 e. The summed E-state index contributed by atoms with van der Waals surface area (Å²) in [6, 6.07) is 12.8. The highest BCUT2D eigenvalue weighted by molar-refractivity contribution is 5.95. The van der Waals surface area contributed by atoms with E-state index in [1.54, 1.807) is 31.4 Å². The zero-order chi connectivity index (χ0) is 20.7. The summed E-state index contributed by atoms with van der Waals surface area (Å²) in [6.45, 7) is 7.33. The minimum absolute atomic E-state index is 0.261. The van der Waals surface area contributed by atoms with Gasteiger partial charge in [-0.2, -0.15) is 0 Å². The van der Waals surface area contributed by atoms with Gasteiger partial charge in [-0.25, -0.2) is 4.79 Å². The van der Waals surface area contributed by atoms with E-state index in [4.69, 9.17) is 14.2 Å². The molecule has 0 bridgehead atoms. The van der Waals surface area contributed by atoms with Gasteiger partial charge in [-0.05, 0) is 61.2 Å². The van der Waals surface area contributed by atoms with Crippen molar-refractivity contribution in [3.8, 4) is 11.5 Å². The summed E-state index contributed by atoms with van der Waals surface area (Å²) in [5.74, 6) is 0.584. The number of carbonyl (C=O) groups is 2. The van der Waals surface area contributed by atoms with Crippen LogP contribution in [0, 0.1) is 6.92 Å². The minimum atomic E-state index is -0.944. The second kappa shape index (κ2) is 9.78. The van der Waals surface area contributed by atoms with Gasteiger partial charge in [0, 0.05) is 5.69 Å². The predicted octanol–water partition coefficient (Wildman–Crippen LogP) is 4.08. The lowest BCUT2D eigenvalue weighted by molar-refractivity contribution is -0.155. The molecular weight excluding hydrogens is 358 g/mol. The molecular formula is C22H27NO5. The molecule has 150 valence electrons. The molecule has 2 aromatic carbocycles. The van der Waals surface area contributed by atoms with E-state index in [1.165, 1.54) is 6.92 Å². The Hall–Kier alpha value is -3.02. The van der Waals surface area contributed by atoms with Crippen LogP contribution < -0.4 is 14.8 Å². The molecule has 1 amide bonds. The number of methoxy groups -OCH3 is 1. The summed E-state index contributed by atoms with van der Waals surface area (Å²) in [6.07, 6.45) is -0.944. The molecule has 0 heterocycles. The Labute approximate surface area is 165 Å². The third-order valence-electron chi connectivity index (χ3n) is 4.17. The first kappa shape index (κ1) is 21.3. The maximum Gasteiger partial charge on any atom is 0.344 e. The van der Waals surface area contributed by atoms with Crippen molar-refractivity contribution in [1.82, 2.24) is 0 Å². The van der Waals surface area contributed by atoms with Gasteiger partial charge in [0.15, 0.2) is 12.7 Å². The van der Waals surface area contributed by atoms with Crippen LogP contribution in [-0.2, 0) is 14.3 Å². The van der Waals surface area contributed by atoms with Crippen molar-refractivity contribution < 1.29 is 23.8 Å². The molecule has 0 aliphatic carbocycles. The fourth-order valence-electron chi connectivity index (χ4n) is 2.58. The standard InChI is InChI=1S/C22H27NO5/c1-14(2)19-11-6-15(3)12-20(19)27-13-21(24)28-16(4)22(25)23-17-7-9-18(26-5)10-8-17/h6-12,14,16H,13H2,1-5H3,(H,23,25). The summed E-state index contributed by atoms with van der Waals surface area (Å²) in [5.41, 5.74) is 2.65. The molecule has 0 radical (unpaired) electrons. The number of esters is 1. The van der Waals surface area contributed by atoms with Crippen LogP contribution in [0.2, 0.25) is 0 Å². The zero-order valence-electron chi connectivity index (χ0n) is 16.9. The number of hydrogen-bond acceptors (Lipinski definition) is 5. The van der Waals surface area contributed by atoms with Crippen molar-refractivity contribution >= 4 is 17.6 Å². The molecule has 6 heteroatoms. The van der Waals surface area contributed by atoms with Gasteiger partial charge in [-0.1, -0.05) is 26.0 Å². The Bertz CT molecular complexity index is 814. The van der Waals surface area contributed by atoms with E-state index >= 15 is 0 Å². The Kier molecular flexibility index (Phi) is 7.44. The van der Waals surface area contributed by atoms with Crippen LogP contribution in [-0.4, -0.2) is 31.7 Å². The number of anilines is 1. The lowest BCUT2D eigenvalue weighted by Gasteiger charge is -2.16. The summed E-state index contributed by atoms with van der Waals surface area (Å²) < 4.78 is 15.9. The van der Waals surface area contributed by atoms with E-state index in [2.05, 4.69) is 19.2 Å². The van der Waals surface area contributed by atoms with Gasteiger partial charge in [0.25, 0.3) is 5.91 Å². The van der Waals surface area contributed by atoms with Crippen molar-refractivity contribution in [3.63, 3.8) is 0 Å². The monoisotopic (exact) mass is 385 g/mol. The highest BCUT2D eigenvalue weighted by atomic mass is 16.6. The number of rotatable bonds is 8. The van der Waals surface area contributed by atoms with Gasteiger partial charge in [0.1, 0.15) is 11.5 Å². The number of benzene rings is 2. The summed E-state index contributed by atoms with van der Waals surface area (Å²) >= 11 is 0. The Balaban J connectivity index is 1.88. The molecule has 2 rings (SSSR count). The van der Waals surface area contributed by atoms with E-state index < -0.39 is 18.0 Å². The number of aryl methyl sites for hydroxylation is 1. The lowest BCUT2D eigenvalue weighted by Crippen LogP contribution is -2.31. The van der Waals surface area contributed by atoms with Crippen LogP contribution in [0.1, 0.15) is 37.8 Å². The SMILES string of the molecule is COc1ccc(NC(=O)C(C)OC(=O)COc2cc(C)ccc2C(C)C)cc1. The second-order valence-electron chi connectivity index (χ2n) is 6.83. The van der Waals surface area contributed by atoms with Gasteiger partial charge in [0.2, 0.25) is 0 Å². The topological polar surface area (TPSA) is 73.9 Å². The van der Waals surface area contributed by atoms with Crippen LogP contribution in [0.4, 0.5) is 5.69 Å². The molecule has 0 saturated heterocycles. The summed E-state index contributed by atoms with van der Waals surface area (Å²) in [7, 11) is 1.57. The highest BCUT2D eigenvalue weighted by Gasteiger charge is 2.19. The van der Waals surface area contributed by atoms with E-state index in [0.29, 0.717) is 17.2 Å². The van der Waals surface area contributed by atoms with Crippen molar-refractivity contribution in [2.75, 3.05) is 19.0 Å². The number of hydrogen-bond donors (Lipinski definition) is 1. The van der Waals surface area contributed by atoms with Crippen molar-refractivity contribution in [2.45, 2.75) is 39.7 Å². The molecule has 0 saturated carbocycles. The van der Waals surface area contributed by atoms with Gasteiger partial charge in [-0.15, -0.1) is 0 Å². The third-order valence-corrected chi connectivity index (χ3v) is 4.17. The molecule has 0 aliphatic rings. The van der Waals surface area contributed by atoms with E-state index in [0.717, 1.165) is 11.1 Å². The van der Waals surface area contributed by atoms with Crippen molar-refractivity contribution in [1.29, 1.82) is 0 Å². The first-order valence-corrected chi connectivity index (χ1v) is 9.18. The van der Waals surface area contributed by atoms with Crippen LogP contribution in [0.25, 0.3) is 0 Å². The number of nitrogens with one attached hydrogen (secondary N) is 1. The Morgan fingerprint density at radius 1 is 1.04 bits per heavy atom. The quantitative estimate of drug-likeness (QED) is 0.693. The number of carbonyl (C=O) groups excluding carboxylic acids is 2. The van der Waals surface area contributed by atoms with Crippen molar-refractivity contribution in [3.05, 3.63) is 53.6 Å². The van der Waals surface area contributed by atoms with Crippen LogP contribution in [0.15, 0.2) is 42.5 Å². The maximum atomic E-state index is 12.2. The van der Waals surface area contributed by atoms with Gasteiger partial charge >= 0.3 is 5.97 Å². The molecule has 1 unspecified atom stereocenters. The normalized spacial score (nSPS) is 11.6. The molecule has 0 aromatic heterocycles. The summed E-state index contributed by atoms with van der Waals surface area (Å²) in [5, 5.41) is 2.69. The average Bonchev–Trinajstić information content (AvgIpc) is 2.66. The molecule has 28 heavy (non-hydrogen) atoms. The molecule has 6 nitrogen and oxygen atoms in total. The third kappa shape index (κ3) is 6.01. The summed E-state index contributed by atoms with van der Waals surface area (Å²) in [4.78, 5) is 24.3. The molecule has 0 spiro atoms. The Morgan fingerprint density at radius 2 is 1.71 bits per heavy atom. The Morgan fingerprint density at radius 3 is 2.32 bits per heavy atom. The lowest BCUT2D eigenvalue weighted by atomic mass is 10.0. The largest absolute Gasteiger partial charge is 0.497 e. The van der Waals surface area contributed by atoms with E-state index in [1.807, 2.05) is 25.1 Å². The molecule has 1 N–H and O–H groups in total. The fourth-order valence-corrected chi connectivity index (χ4v) is 2.58. The average molecular weight is 385 g/mol. The highest BCUT2D eigenvalue weighted by Crippen LogP contribution is 2.27. The van der Waals surface area contributed by atoms with Crippen LogP contribution in [0.3, 0.4) is 0 Å². The molecule has 2 aromatic rings. The number of ether oxygens (including phenoxy) is 3. The molecule has 0 fully saturated rings. The number of amides is 1. The molecule has 0 aliphatic heterocycles. The second-order valence-corrected chi connectivity index (χ2v) is 6.83. The predicted molar refractivity (Wildman–Crippen MR) is 108 cm³/mol. The first-order valence-electron chi connectivity index (χ1n) is 9.18. The maximum absolute atomic E-state index is 12.2. The smallest absolute Gasteiger partial charge is 0.344 e. The molecule has 1 atom stereocenters. The van der Waals surface area contributed by atoms with Gasteiger partial charge in [0.05, 0.1) is 7.11 Å². The van der Waals surface area contributed by atoms with Gasteiger partial charge in [-0.3, -0.25) is 4.79 Å². The van der Waals surface area contributed by atoms with E-state index in [-0.39, 0.29) is 12.5 Å².